The molecule has 14 heavy (non-hydrogen) atoms. The molecule has 1 aromatic rings. The lowest BCUT2D eigenvalue weighted by Crippen LogP contribution is -2.32. The second kappa shape index (κ2) is 3.58. The Morgan fingerprint density at radius 2 is 2.07 bits per heavy atom. The minimum absolute atomic E-state index is 0.0587. The van der Waals surface area contributed by atoms with Crippen molar-refractivity contribution in [3.63, 3.8) is 0 Å². The van der Waals surface area contributed by atoms with E-state index in [4.69, 9.17) is 4.74 Å². The fourth-order valence-electron chi connectivity index (χ4n) is 2.03. The van der Waals surface area contributed by atoms with Crippen LogP contribution in [0.2, 0.25) is 0 Å². The van der Waals surface area contributed by atoms with Gasteiger partial charge in [-0.1, -0.05) is 35.8 Å². The molecule has 0 bridgehead atoms. The standard InChI is InChI=1S/C12H15BrO/c1-3-12(4-2)8-9-5-6-10(13)7-11(9)14-12/h5-7H,3-4,8H2,1-2H3. The average Bonchev–Trinajstić information content (AvgIpc) is 2.56. The van der Waals surface area contributed by atoms with Crippen LogP contribution < -0.4 is 4.74 Å². The third-order valence-corrected chi connectivity index (χ3v) is 3.65. The largest absolute Gasteiger partial charge is 0.487 e. The lowest BCUT2D eigenvalue weighted by Gasteiger charge is -2.25. The molecule has 0 unspecified atom stereocenters. The fourth-order valence-corrected chi connectivity index (χ4v) is 2.37. The minimum atomic E-state index is 0.0587. The van der Waals surface area contributed by atoms with Gasteiger partial charge < -0.3 is 4.74 Å². The maximum Gasteiger partial charge on any atom is 0.124 e. The number of halogens is 1. The van der Waals surface area contributed by atoms with Crippen LogP contribution in [0.25, 0.3) is 0 Å². The Balaban J connectivity index is 2.33. The molecule has 1 aliphatic rings. The van der Waals surface area contributed by atoms with E-state index in [1.54, 1.807) is 0 Å². The molecule has 0 radical (unpaired) electrons. The molecule has 2 rings (SSSR count). The van der Waals surface area contributed by atoms with E-state index in [0.717, 1.165) is 29.5 Å². The molecule has 0 aromatic heterocycles. The third-order valence-electron chi connectivity index (χ3n) is 3.16. The molecule has 1 aromatic carbocycles. The van der Waals surface area contributed by atoms with Crippen LogP contribution in [0.5, 0.6) is 5.75 Å². The molecule has 76 valence electrons. The van der Waals surface area contributed by atoms with Gasteiger partial charge in [-0.2, -0.15) is 0 Å². The van der Waals surface area contributed by atoms with E-state index < -0.39 is 0 Å². The summed E-state index contributed by atoms with van der Waals surface area (Å²) in [6, 6.07) is 6.32. The highest BCUT2D eigenvalue weighted by Gasteiger charge is 2.35. The van der Waals surface area contributed by atoms with Gasteiger partial charge in [-0.05, 0) is 30.5 Å². The monoisotopic (exact) mass is 254 g/mol. The zero-order valence-corrected chi connectivity index (χ0v) is 10.2. The Bertz CT molecular complexity index is 342. The average molecular weight is 255 g/mol. The molecule has 0 amide bonds. The third kappa shape index (κ3) is 1.56. The van der Waals surface area contributed by atoms with Crippen LogP contribution in [-0.4, -0.2) is 5.60 Å². The van der Waals surface area contributed by atoms with Crippen LogP contribution in [0.4, 0.5) is 0 Å². The van der Waals surface area contributed by atoms with Crippen molar-refractivity contribution in [1.29, 1.82) is 0 Å². The summed E-state index contributed by atoms with van der Waals surface area (Å²) < 4.78 is 7.14. The summed E-state index contributed by atoms with van der Waals surface area (Å²) in [5, 5.41) is 0. The Morgan fingerprint density at radius 1 is 1.36 bits per heavy atom. The molecule has 0 N–H and O–H groups in total. The van der Waals surface area contributed by atoms with Gasteiger partial charge in [0.05, 0.1) is 0 Å². The summed E-state index contributed by atoms with van der Waals surface area (Å²) in [7, 11) is 0. The zero-order valence-electron chi connectivity index (χ0n) is 8.64. The van der Waals surface area contributed by atoms with Crippen LogP contribution in [-0.2, 0) is 6.42 Å². The zero-order chi connectivity index (χ0) is 10.2. The lowest BCUT2D eigenvalue weighted by atomic mass is 9.92. The number of hydrogen-bond donors (Lipinski definition) is 0. The number of rotatable bonds is 2. The van der Waals surface area contributed by atoms with Crippen molar-refractivity contribution in [1.82, 2.24) is 0 Å². The summed E-state index contributed by atoms with van der Waals surface area (Å²) in [4.78, 5) is 0. The van der Waals surface area contributed by atoms with Crippen molar-refractivity contribution in [3.8, 4) is 5.75 Å². The lowest BCUT2D eigenvalue weighted by molar-refractivity contribution is 0.0857. The molecule has 1 heterocycles. The van der Waals surface area contributed by atoms with Gasteiger partial charge in [0.1, 0.15) is 11.4 Å². The molecule has 1 nitrogen and oxygen atoms in total. The summed E-state index contributed by atoms with van der Waals surface area (Å²) in [5.41, 5.74) is 1.40. The smallest absolute Gasteiger partial charge is 0.124 e. The Labute approximate surface area is 93.6 Å². The topological polar surface area (TPSA) is 9.23 Å². The van der Waals surface area contributed by atoms with Gasteiger partial charge in [-0.15, -0.1) is 0 Å². The fraction of sp³-hybridized carbons (Fsp3) is 0.500. The maximum absolute atomic E-state index is 6.04. The number of benzene rings is 1. The predicted octanol–water partition coefficient (Wildman–Crippen LogP) is 3.94. The molecular weight excluding hydrogens is 240 g/mol. The van der Waals surface area contributed by atoms with E-state index in [2.05, 4.69) is 48.0 Å². The van der Waals surface area contributed by atoms with Crippen LogP contribution in [0.3, 0.4) is 0 Å². The highest BCUT2D eigenvalue weighted by molar-refractivity contribution is 9.10. The normalized spacial score (nSPS) is 17.6. The van der Waals surface area contributed by atoms with Gasteiger partial charge in [0.25, 0.3) is 0 Å². The molecule has 1 aliphatic heterocycles. The van der Waals surface area contributed by atoms with E-state index in [9.17, 15) is 0 Å². The van der Waals surface area contributed by atoms with Gasteiger partial charge in [0.15, 0.2) is 0 Å². The Kier molecular flexibility index (Phi) is 2.56. The van der Waals surface area contributed by atoms with E-state index in [1.807, 2.05) is 0 Å². The molecule has 0 fully saturated rings. The summed E-state index contributed by atoms with van der Waals surface area (Å²) in [6.07, 6.45) is 3.22. The van der Waals surface area contributed by atoms with Gasteiger partial charge in [0, 0.05) is 10.9 Å². The van der Waals surface area contributed by atoms with Gasteiger partial charge in [-0.25, -0.2) is 0 Å². The first-order valence-electron chi connectivity index (χ1n) is 5.16. The number of hydrogen-bond acceptors (Lipinski definition) is 1. The highest BCUT2D eigenvalue weighted by atomic mass is 79.9. The number of fused-ring (bicyclic) bond motifs is 1. The van der Waals surface area contributed by atoms with E-state index in [1.165, 1.54) is 5.56 Å². The van der Waals surface area contributed by atoms with E-state index in [0.29, 0.717) is 0 Å². The van der Waals surface area contributed by atoms with Crippen molar-refractivity contribution in [2.24, 2.45) is 0 Å². The van der Waals surface area contributed by atoms with Gasteiger partial charge >= 0.3 is 0 Å². The predicted molar refractivity (Wildman–Crippen MR) is 61.8 cm³/mol. The van der Waals surface area contributed by atoms with Crippen molar-refractivity contribution in [2.75, 3.05) is 0 Å². The van der Waals surface area contributed by atoms with Crippen molar-refractivity contribution < 1.29 is 4.74 Å². The first-order valence-corrected chi connectivity index (χ1v) is 5.96. The SMILES string of the molecule is CCC1(CC)Cc2ccc(Br)cc2O1. The number of ether oxygens (including phenoxy) is 1. The molecule has 2 heteroatoms. The second-order valence-electron chi connectivity index (χ2n) is 3.92. The van der Waals surface area contributed by atoms with Crippen LogP contribution in [0.15, 0.2) is 22.7 Å². The van der Waals surface area contributed by atoms with Gasteiger partial charge in [-0.3, -0.25) is 0 Å². The summed E-state index contributed by atoms with van der Waals surface area (Å²) >= 11 is 3.47. The van der Waals surface area contributed by atoms with Crippen LogP contribution in [0.1, 0.15) is 32.3 Å². The molecule has 0 spiro atoms. The molecule has 0 saturated heterocycles. The first kappa shape index (κ1) is 10.0. The molecule has 0 atom stereocenters. The van der Waals surface area contributed by atoms with Crippen LogP contribution >= 0.6 is 15.9 Å². The maximum atomic E-state index is 6.04. The van der Waals surface area contributed by atoms with Crippen molar-refractivity contribution >= 4 is 15.9 Å². The van der Waals surface area contributed by atoms with Crippen LogP contribution in [0, 0.1) is 0 Å². The van der Waals surface area contributed by atoms with Crippen molar-refractivity contribution in [3.05, 3.63) is 28.2 Å². The summed E-state index contributed by atoms with van der Waals surface area (Å²) in [6.45, 7) is 4.40. The van der Waals surface area contributed by atoms with Crippen molar-refractivity contribution in [2.45, 2.75) is 38.7 Å². The van der Waals surface area contributed by atoms with E-state index >= 15 is 0 Å². The summed E-state index contributed by atoms with van der Waals surface area (Å²) in [5.74, 6) is 1.06. The van der Waals surface area contributed by atoms with Gasteiger partial charge in [0.2, 0.25) is 0 Å². The molecule has 0 saturated carbocycles. The minimum Gasteiger partial charge on any atom is -0.487 e. The molecular formula is C12H15BrO. The Morgan fingerprint density at radius 3 is 2.71 bits per heavy atom. The van der Waals surface area contributed by atoms with E-state index in [-0.39, 0.29) is 5.60 Å². The highest BCUT2D eigenvalue weighted by Crippen LogP contribution is 2.40. The first-order chi connectivity index (χ1) is 6.69. The molecule has 0 aliphatic carbocycles. The quantitative estimate of drug-likeness (QED) is 0.777. The Hall–Kier alpha value is -0.500. The second-order valence-corrected chi connectivity index (χ2v) is 4.84.